The lowest BCUT2D eigenvalue weighted by molar-refractivity contribution is -0.249. The second-order valence-electron chi connectivity index (χ2n) is 18.1. The fourth-order valence-electron chi connectivity index (χ4n) is 13.9. The molecule has 10 rings (SSSR count). The number of likely N-dealkylation sites (N-methyl/N-ethyl adjacent to an activating group) is 1. The summed E-state index contributed by atoms with van der Waals surface area (Å²) in [6.45, 7) is 5.46. The van der Waals surface area contributed by atoms with E-state index in [9.17, 15) is 20.1 Å². The first-order chi connectivity index (χ1) is 26.4. The van der Waals surface area contributed by atoms with Crippen LogP contribution in [0.2, 0.25) is 0 Å². The normalized spacial score (nSPS) is 40.2. The average Bonchev–Trinajstić information content (AvgIpc) is 3.84. The summed E-state index contributed by atoms with van der Waals surface area (Å²) >= 11 is 0. The molecule has 0 radical (unpaired) electrons. The van der Waals surface area contributed by atoms with E-state index in [0.717, 1.165) is 72.4 Å². The number of fused-ring (bicyclic) bond motifs is 8. The van der Waals surface area contributed by atoms with Gasteiger partial charge in [-0.05, 0) is 93.6 Å². The number of hydrogen-bond acceptors (Lipinski definition) is 11. The number of ether oxygens (including phenoxy) is 3. The van der Waals surface area contributed by atoms with Gasteiger partial charge in [-0.2, -0.15) is 0 Å². The standard InChI is InChI=1S/C43H54N4O8/c1-5-39(51)19-25-20-42(37(49)54-4,34-27(11-15-46(21-25)24-39)26-9-6-7-10-30(26)44-34)29-17-28-31(18-32(29)53-3)45(2)36-41(28)13-16-47-14-8-12-40(35(41)47)23-43(36,52)38(50)55-33(40)22-48/h6-7,9-10,17-18,25,33,35-36,44,48,51-52H,5,8,11-16,19-24H2,1-4H3/t25-,33+,35-,36+,39-,40-,41+,42-,43+/m0/s1. The Morgan fingerprint density at radius 1 is 1.05 bits per heavy atom. The summed E-state index contributed by atoms with van der Waals surface area (Å²) in [5.74, 6) is -0.609. The number of anilines is 1. The number of H-pyrrole nitrogens is 1. The van der Waals surface area contributed by atoms with E-state index in [4.69, 9.17) is 14.2 Å². The third kappa shape index (κ3) is 4.40. The molecular formula is C43H54N4O8. The number of piperidine rings is 2. The fraction of sp³-hybridized carbons (Fsp3) is 0.628. The van der Waals surface area contributed by atoms with Crippen molar-refractivity contribution in [3.05, 3.63) is 58.8 Å². The smallest absolute Gasteiger partial charge is 0.340 e. The lowest BCUT2D eigenvalue weighted by Gasteiger charge is -2.66. The van der Waals surface area contributed by atoms with Crippen LogP contribution in [0.3, 0.4) is 0 Å². The minimum absolute atomic E-state index is 0.0554. The van der Waals surface area contributed by atoms with E-state index in [-0.39, 0.29) is 25.0 Å². The maximum absolute atomic E-state index is 15.2. The van der Waals surface area contributed by atoms with Crippen molar-refractivity contribution in [2.45, 2.75) is 98.5 Å². The van der Waals surface area contributed by atoms with Crippen molar-refractivity contribution in [3.63, 3.8) is 0 Å². The molecule has 1 saturated carbocycles. The van der Waals surface area contributed by atoms with Crippen molar-refractivity contribution in [1.82, 2.24) is 14.8 Å². The Morgan fingerprint density at radius 2 is 1.87 bits per heavy atom. The molecule has 4 bridgehead atoms. The van der Waals surface area contributed by atoms with Gasteiger partial charge in [0.05, 0.1) is 32.5 Å². The van der Waals surface area contributed by atoms with E-state index in [1.165, 1.54) is 7.11 Å². The van der Waals surface area contributed by atoms with E-state index >= 15 is 4.79 Å². The first kappa shape index (κ1) is 35.7. The van der Waals surface area contributed by atoms with Gasteiger partial charge in [-0.3, -0.25) is 14.6 Å². The van der Waals surface area contributed by atoms with Crippen molar-refractivity contribution in [2.75, 3.05) is 65.5 Å². The first-order valence-electron chi connectivity index (χ1n) is 20.3. The van der Waals surface area contributed by atoms with Gasteiger partial charge >= 0.3 is 11.9 Å². The predicted molar refractivity (Wildman–Crippen MR) is 204 cm³/mol. The van der Waals surface area contributed by atoms with Gasteiger partial charge < -0.3 is 39.4 Å². The molecule has 1 aromatic heterocycles. The van der Waals surface area contributed by atoms with Crippen molar-refractivity contribution >= 4 is 28.5 Å². The number of aromatic amines is 1. The second kappa shape index (κ2) is 11.9. The second-order valence-corrected chi connectivity index (χ2v) is 18.1. The summed E-state index contributed by atoms with van der Waals surface area (Å²) < 4.78 is 18.3. The van der Waals surface area contributed by atoms with Gasteiger partial charge in [-0.15, -0.1) is 0 Å². The summed E-state index contributed by atoms with van der Waals surface area (Å²) in [5, 5.41) is 36.6. The quantitative estimate of drug-likeness (QED) is 0.285. The van der Waals surface area contributed by atoms with Crippen LogP contribution in [0.25, 0.3) is 10.9 Å². The molecule has 10 atom stereocenters. The van der Waals surface area contributed by atoms with Gasteiger partial charge in [0.1, 0.15) is 17.3 Å². The molecule has 2 aromatic carbocycles. The molecule has 4 saturated heterocycles. The zero-order valence-electron chi connectivity index (χ0n) is 32.4. The molecule has 3 aromatic rings. The number of esters is 2. The van der Waals surface area contributed by atoms with Crippen molar-refractivity contribution in [2.24, 2.45) is 11.3 Å². The number of aromatic nitrogens is 1. The minimum atomic E-state index is -1.81. The number of aliphatic hydroxyl groups excluding tert-OH is 1. The lowest BCUT2D eigenvalue weighted by atomic mass is 9.46. The number of hydrogen-bond donors (Lipinski definition) is 4. The van der Waals surface area contributed by atoms with E-state index in [1.54, 1.807) is 7.11 Å². The number of benzene rings is 2. The summed E-state index contributed by atoms with van der Waals surface area (Å²) in [7, 11) is 5.04. The van der Waals surface area contributed by atoms with Crippen LogP contribution in [0.4, 0.5) is 5.69 Å². The summed E-state index contributed by atoms with van der Waals surface area (Å²) in [4.78, 5) is 40.0. The maximum atomic E-state index is 15.2. The van der Waals surface area contributed by atoms with Crippen LogP contribution in [0, 0.1) is 11.3 Å². The number of carbonyl (C=O) groups is 2. The molecule has 6 aliphatic heterocycles. The highest BCUT2D eigenvalue weighted by molar-refractivity contribution is 5.95. The molecule has 7 aliphatic rings. The third-order valence-electron chi connectivity index (χ3n) is 15.7. The molecule has 1 unspecified atom stereocenters. The molecule has 5 fully saturated rings. The molecule has 55 heavy (non-hydrogen) atoms. The van der Waals surface area contributed by atoms with E-state index in [1.807, 2.05) is 32.2 Å². The van der Waals surface area contributed by atoms with Gasteiger partial charge in [0.25, 0.3) is 0 Å². The maximum Gasteiger partial charge on any atom is 0.340 e. The Morgan fingerprint density at radius 3 is 2.64 bits per heavy atom. The molecule has 4 N–H and O–H groups in total. The number of methoxy groups -OCH3 is 2. The molecule has 12 nitrogen and oxygen atoms in total. The molecule has 7 heterocycles. The van der Waals surface area contributed by atoms with Crippen molar-refractivity contribution in [3.8, 4) is 5.75 Å². The Balaban J connectivity index is 1.27. The number of nitrogens with zero attached hydrogens (tertiary/aromatic N) is 3. The largest absolute Gasteiger partial charge is 0.496 e. The molecule has 12 heteroatoms. The van der Waals surface area contributed by atoms with E-state index in [0.29, 0.717) is 50.0 Å². The van der Waals surface area contributed by atoms with Gasteiger partial charge in [-0.25, -0.2) is 4.79 Å². The van der Waals surface area contributed by atoms with Crippen LogP contribution in [0.15, 0.2) is 36.4 Å². The van der Waals surface area contributed by atoms with Crippen LogP contribution >= 0.6 is 0 Å². The number of aliphatic hydroxyl groups is 3. The Labute approximate surface area is 321 Å². The highest BCUT2D eigenvalue weighted by Gasteiger charge is 2.80. The van der Waals surface area contributed by atoms with Gasteiger partial charge in [0.15, 0.2) is 5.60 Å². The number of para-hydroxylation sites is 1. The molecule has 294 valence electrons. The van der Waals surface area contributed by atoms with Gasteiger partial charge in [-0.1, -0.05) is 25.1 Å². The zero-order chi connectivity index (χ0) is 38.3. The Kier molecular flexibility index (Phi) is 7.74. The number of cyclic esters (lactones) is 1. The SMILES string of the molecule is CC[C@]1(O)C[C@@H]2CN(CCc3c([nH]c4ccccc34)[C@@](C(=O)OC)(c3cc4c(cc3OC)N(C)[C@@H]3[C@]45CCN4CCC[C@@]6(C[C@]3(O)C(=O)O[C@@H]6CO)[C@H]45)C2)C1. The highest BCUT2D eigenvalue weighted by Crippen LogP contribution is 2.70. The Hall–Kier alpha value is -3.68. The van der Waals surface area contributed by atoms with Gasteiger partial charge in [0.2, 0.25) is 0 Å². The van der Waals surface area contributed by atoms with Crippen molar-refractivity contribution < 1.29 is 39.1 Å². The monoisotopic (exact) mass is 754 g/mol. The molecule has 0 amide bonds. The lowest BCUT2D eigenvalue weighted by Crippen LogP contribution is -2.80. The molecular weight excluding hydrogens is 700 g/mol. The molecule has 1 aliphatic carbocycles. The summed E-state index contributed by atoms with van der Waals surface area (Å²) in [5.41, 5.74) is -0.122. The average molecular weight is 755 g/mol. The van der Waals surface area contributed by atoms with E-state index in [2.05, 4.69) is 37.9 Å². The van der Waals surface area contributed by atoms with Crippen molar-refractivity contribution in [1.29, 1.82) is 0 Å². The number of nitrogens with one attached hydrogen (secondary N) is 1. The Bertz CT molecular complexity index is 2100. The van der Waals surface area contributed by atoms with Crippen LogP contribution in [-0.4, -0.2) is 132 Å². The van der Waals surface area contributed by atoms with Crippen LogP contribution in [-0.2, 0) is 36.3 Å². The van der Waals surface area contributed by atoms with Crippen LogP contribution in [0.1, 0.15) is 74.3 Å². The third-order valence-corrected chi connectivity index (χ3v) is 15.7. The van der Waals surface area contributed by atoms with Crippen LogP contribution in [0.5, 0.6) is 5.75 Å². The predicted octanol–water partition coefficient (Wildman–Crippen LogP) is 3.01. The number of carbonyl (C=O) groups excluding carboxylic acids is 2. The van der Waals surface area contributed by atoms with E-state index < -0.39 is 51.5 Å². The summed E-state index contributed by atoms with van der Waals surface area (Å²) in [6.07, 6.45) is 4.02. The summed E-state index contributed by atoms with van der Waals surface area (Å²) in [6, 6.07) is 11.6. The zero-order valence-corrected chi connectivity index (χ0v) is 32.4. The topological polar surface area (TPSA) is 148 Å². The van der Waals surface area contributed by atoms with Gasteiger partial charge in [0, 0.05) is 77.5 Å². The highest BCUT2D eigenvalue weighted by atomic mass is 16.6. The minimum Gasteiger partial charge on any atom is -0.496 e. The molecule has 2 spiro atoms. The number of rotatable bonds is 5. The first-order valence-corrected chi connectivity index (χ1v) is 20.3. The fourth-order valence-corrected chi connectivity index (χ4v) is 13.9. The van der Waals surface area contributed by atoms with Crippen LogP contribution < -0.4 is 9.64 Å².